The monoisotopic (exact) mass is 387 g/mol. The summed E-state index contributed by atoms with van der Waals surface area (Å²) in [7, 11) is 0. The third-order valence-corrected chi connectivity index (χ3v) is 4.26. The molecule has 0 spiro atoms. The Balaban J connectivity index is 1.82. The second-order valence-electron chi connectivity index (χ2n) is 6.20. The minimum Gasteiger partial charge on any atom is -0.485 e. The Morgan fingerprint density at radius 2 is 1.48 bits per heavy atom. The van der Waals surface area contributed by atoms with Crippen LogP contribution < -0.4 is 14.8 Å². The molecule has 27 heavy (non-hydrogen) atoms. The molecule has 1 aliphatic rings. The SMILES string of the molecule is FC(F)(F)C(F)(F)Oc1ccccc1OC1CCCNC1c1ccccc1. The van der Waals surface area contributed by atoms with Crippen LogP contribution in [0.2, 0.25) is 0 Å². The number of piperidine rings is 1. The van der Waals surface area contributed by atoms with Crippen molar-refractivity contribution >= 4 is 0 Å². The van der Waals surface area contributed by atoms with Crippen LogP contribution in [-0.4, -0.2) is 24.9 Å². The number of benzene rings is 2. The van der Waals surface area contributed by atoms with Gasteiger partial charge in [-0.3, -0.25) is 0 Å². The van der Waals surface area contributed by atoms with Crippen LogP contribution in [0, 0.1) is 0 Å². The molecule has 146 valence electrons. The molecule has 1 saturated heterocycles. The molecular formula is C19H18F5NO2. The predicted molar refractivity (Wildman–Crippen MR) is 88.9 cm³/mol. The Bertz CT molecular complexity index is 751. The largest absolute Gasteiger partial charge is 0.499 e. The topological polar surface area (TPSA) is 30.5 Å². The van der Waals surface area contributed by atoms with Gasteiger partial charge in [-0.05, 0) is 37.1 Å². The fourth-order valence-electron chi connectivity index (χ4n) is 2.97. The number of alkyl halides is 5. The molecule has 0 amide bonds. The van der Waals surface area contributed by atoms with E-state index in [0.717, 1.165) is 24.6 Å². The van der Waals surface area contributed by atoms with E-state index in [0.29, 0.717) is 6.42 Å². The van der Waals surface area contributed by atoms with Gasteiger partial charge in [-0.2, -0.15) is 22.0 Å². The summed E-state index contributed by atoms with van der Waals surface area (Å²) in [4.78, 5) is 0. The molecule has 8 heteroatoms. The van der Waals surface area contributed by atoms with Gasteiger partial charge in [0.1, 0.15) is 6.10 Å². The first-order valence-electron chi connectivity index (χ1n) is 8.45. The van der Waals surface area contributed by atoms with E-state index in [1.807, 2.05) is 30.3 Å². The molecule has 3 nitrogen and oxygen atoms in total. The minimum absolute atomic E-state index is 0.156. The summed E-state index contributed by atoms with van der Waals surface area (Å²) in [6, 6.07) is 14.3. The Morgan fingerprint density at radius 1 is 0.852 bits per heavy atom. The summed E-state index contributed by atoms with van der Waals surface area (Å²) in [5.41, 5.74) is 0.946. The van der Waals surface area contributed by atoms with Gasteiger partial charge in [0.15, 0.2) is 11.5 Å². The molecule has 0 bridgehead atoms. The summed E-state index contributed by atoms with van der Waals surface area (Å²) >= 11 is 0. The van der Waals surface area contributed by atoms with Crippen LogP contribution in [-0.2, 0) is 0 Å². The Hall–Kier alpha value is -2.35. The first-order chi connectivity index (χ1) is 12.8. The van der Waals surface area contributed by atoms with Crippen molar-refractivity contribution < 1.29 is 31.4 Å². The zero-order valence-corrected chi connectivity index (χ0v) is 14.2. The van der Waals surface area contributed by atoms with Crippen molar-refractivity contribution in [3.05, 3.63) is 60.2 Å². The van der Waals surface area contributed by atoms with Gasteiger partial charge >= 0.3 is 12.3 Å². The van der Waals surface area contributed by atoms with Gasteiger partial charge in [-0.1, -0.05) is 42.5 Å². The van der Waals surface area contributed by atoms with Gasteiger partial charge in [0.25, 0.3) is 0 Å². The first-order valence-corrected chi connectivity index (χ1v) is 8.45. The summed E-state index contributed by atoms with van der Waals surface area (Å²) in [6.07, 6.45) is -10.2. The molecule has 3 rings (SSSR count). The van der Waals surface area contributed by atoms with Crippen molar-refractivity contribution in [1.29, 1.82) is 0 Å². The normalized spacial score (nSPS) is 20.9. The summed E-state index contributed by atoms with van der Waals surface area (Å²) in [6.45, 7) is 0.754. The maximum Gasteiger partial charge on any atom is 0.499 e. The van der Waals surface area contributed by atoms with Crippen LogP contribution in [0.3, 0.4) is 0 Å². The van der Waals surface area contributed by atoms with E-state index in [4.69, 9.17) is 4.74 Å². The standard InChI is InChI=1S/C19H18F5NO2/c20-18(21,22)19(23,24)27-15-10-5-4-9-14(15)26-16-11-6-12-25-17(16)13-7-2-1-3-8-13/h1-5,7-10,16-17,25H,6,11-12H2. The first kappa shape index (κ1) is 19.4. The van der Waals surface area contributed by atoms with Crippen molar-refractivity contribution in [2.75, 3.05) is 6.54 Å². The van der Waals surface area contributed by atoms with Crippen molar-refractivity contribution in [2.24, 2.45) is 0 Å². The van der Waals surface area contributed by atoms with Crippen LogP contribution in [0.1, 0.15) is 24.4 Å². The van der Waals surface area contributed by atoms with E-state index < -0.39 is 24.1 Å². The summed E-state index contributed by atoms with van der Waals surface area (Å²) in [5, 5.41) is 3.30. The van der Waals surface area contributed by atoms with E-state index in [2.05, 4.69) is 10.1 Å². The van der Waals surface area contributed by atoms with Gasteiger partial charge in [-0.25, -0.2) is 0 Å². The van der Waals surface area contributed by atoms with Crippen molar-refractivity contribution in [3.63, 3.8) is 0 Å². The Labute approximate surface area is 153 Å². The molecule has 1 fully saturated rings. The fourth-order valence-corrected chi connectivity index (χ4v) is 2.97. The van der Waals surface area contributed by atoms with Gasteiger partial charge in [0.2, 0.25) is 0 Å². The van der Waals surface area contributed by atoms with E-state index in [-0.39, 0.29) is 11.8 Å². The fraction of sp³-hybridized carbons (Fsp3) is 0.368. The second-order valence-corrected chi connectivity index (χ2v) is 6.20. The second kappa shape index (κ2) is 7.72. The zero-order chi connectivity index (χ0) is 19.5. The molecule has 1 aliphatic heterocycles. The molecule has 0 aliphatic carbocycles. The smallest absolute Gasteiger partial charge is 0.485 e. The van der Waals surface area contributed by atoms with Crippen LogP contribution >= 0.6 is 0 Å². The van der Waals surface area contributed by atoms with Crippen molar-refractivity contribution in [2.45, 2.75) is 37.3 Å². The highest BCUT2D eigenvalue weighted by Gasteiger charge is 2.61. The Morgan fingerprint density at radius 3 is 2.15 bits per heavy atom. The van der Waals surface area contributed by atoms with Crippen LogP contribution in [0.5, 0.6) is 11.5 Å². The third kappa shape index (κ3) is 4.50. The summed E-state index contributed by atoms with van der Waals surface area (Å²) in [5.74, 6) is -0.812. The molecule has 2 atom stereocenters. The molecule has 0 aromatic heterocycles. The lowest BCUT2D eigenvalue weighted by atomic mass is 9.94. The molecule has 2 unspecified atom stereocenters. The lowest BCUT2D eigenvalue weighted by molar-refractivity contribution is -0.360. The van der Waals surface area contributed by atoms with E-state index in [1.165, 1.54) is 18.2 Å². The van der Waals surface area contributed by atoms with Crippen LogP contribution in [0.15, 0.2) is 54.6 Å². The summed E-state index contributed by atoms with van der Waals surface area (Å²) < 4.78 is 73.8. The van der Waals surface area contributed by atoms with E-state index >= 15 is 0 Å². The van der Waals surface area contributed by atoms with E-state index in [1.54, 1.807) is 0 Å². The number of para-hydroxylation sites is 2. The molecular weight excluding hydrogens is 369 g/mol. The van der Waals surface area contributed by atoms with E-state index in [9.17, 15) is 22.0 Å². The van der Waals surface area contributed by atoms with Crippen LogP contribution in [0.4, 0.5) is 22.0 Å². The predicted octanol–water partition coefficient (Wildman–Crippen LogP) is 5.09. The van der Waals surface area contributed by atoms with Crippen molar-refractivity contribution in [3.8, 4) is 11.5 Å². The highest BCUT2D eigenvalue weighted by molar-refractivity contribution is 5.40. The minimum atomic E-state index is -5.82. The highest BCUT2D eigenvalue weighted by atomic mass is 19.4. The highest BCUT2D eigenvalue weighted by Crippen LogP contribution is 2.41. The molecule has 1 heterocycles. The molecule has 2 aromatic carbocycles. The molecule has 0 saturated carbocycles. The van der Waals surface area contributed by atoms with Gasteiger partial charge in [0, 0.05) is 0 Å². The quantitative estimate of drug-likeness (QED) is 0.725. The average Bonchev–Trinajstić information content (AvgIpc) is 2.63. The molecule has 0 radical (unpaired) electrons. The average molecular weight is 387 g/mol. The number of ether oxygens (including phenoxy) is 2. The number of halogens is 5. The molecule has 2 aromatic rings. The van der Waals surface area contributed by atoms with Crippen LogP contribution in [0.25, 0.3) is 0 Å². The Kier molecular flexibility index (Phi) is 5.55. The third-order valence-electron chi connectivity index (χ3n) is 4.26. The lowest BCUT2D eigenvalue weighted by Crippen LogP contribution is -2.42. The maximum atomic E-state index is 13.3. The van der Waals surface area contributed by atoms with Gasteiger partial charge in [-0.15, -0.1) is 0 Å². The van der Waals surface area contributed by atoms with Crippen molar-refractivity contribution in [1.82, 2.24) is 5.32 Å². The molecule has 1 N–H and O–H groups in total. The lowest BCUT2D eigenvalue weighted by Gasteiger charge is -2.34. The maximum absolute atomic E-state index is 13.3. The number of hydrogen-bond donors (Lipinski definition) is 1. The zero-order valence-electron chi connectivity index (χ0n) is 14.2. The number of nitrogens with one attached hydrogen (secondary N) is 1. The number of rotatable bonds is 5. The van der Waals surface area contributed by atoms with Gasteiger partial charge < -0.3 is 14.8 Å². The van der Waals surface area contributed by atoms with Gasteiger partial charge in [0.05, 0.1) is 6.04 Å². The number of hydrogen-bond acceptors (Lipinski definition) is 3.